The number of nitrogens with one attached hydrogen (secondary N) is 1. The number of halogens is 1. The van der Waals surface area contributed by atoms with E-state index in [2.05, 4.69) is 10.3 Å². The van der Waals surface area contributed by atoms with Crippen LogP contribution in [0.25, 0.3) is 0 Å². The Morgan fingerprint density at radius 3 is 2.84 bits per heavy atom. The molecule has 0 bridgehead atoms. The molecular weight excluding hydrogens is 290 g/mol. The summed E-state index contributed by atoms with van der Waals surface area (Å²) < 4.78 is 0. The molecule has 0 aliphatic carbocycles. The highest BCUT2D eigenvalue weighted by Gasteiger charge is 2.29. The molecule has 6 nitrogen and oxygen atoms in total. The molecule has 1 aliphatic rings. The van der Waals surface area contributed by atoms with Gasteiger partial charge in [0.2, 0.25) is 5.91 Å². The van der Waals surface area contributed by atoms with Crippen LogP contribution in [0.15, 0.2) is 18.3 Å². The lowest BCUT2D eigenvalue weighted by Gasteiger charge is -2.12. The van der Waals surface area contributed by atoms with Crippen molar-refractivity contribution >= 4 is 40.4 Å². The van der Waals surface area contributed by atoms with Gasteiger partial charge in [-0.1, -0.05) is 23.4 Å². The monoisotopic (exact) mass is 299 g/mol. The summed E-state index contributed by atoms with van der Waals surface area (Å²) in [6.45, 7) is 0.386. The molecule has 2 rings (SSSR count). The van der Waals surface area contributed by atoms with Crippen LogP contribution < -0.4 is 5.32 Å². The topological polar surface area (TPSA) is 79.4 Å². The average Bonchev–Trinajstić information content (AvgIpc) is 2.71. The second-order valence-corrected chi connectivity index (χ2v) is 5.04. The standard InChI is InChI=1S/C11H10ClN3O3S/c12-8-2-1-7(5-14-8)10(17)13-3-4-15-9(16)6-19-11(15)18/h1-2,5H,3-4,6H2,(H,13,17). The highest BCUT2D eigenvalue weighted by molar-refractivity contribution is 8.14. The maximum absolute atomic E-state index is 11.7. The Labute approximate surface area is 118 Å². The molecule has 8 heteroatoms. The number of imide groups is 1. The third-order valence-corrected chi connectivity index (χ3v) is 3.53. The van der Waals surface area contributed by atoms with E-state index < -0.39 is 0 Å². The van der Waals surface area contributed by atoms with Crippen LogP contribution in [0.2, 0.25) is 5.15 Å². The first kappa shape index (κ1) is 13.8. The first-order valence-corrected chi connectivity index (χ1v) is 6.81. The van der Waals surface area contributed by atoms with Crippen LogP contribution in [0.1, 0.15) is 10.4 Å². The summed E-state index contributed by atoms with van der Waals surface area (Å²) in [6, 6.07) is 3.06. The summed E-state index contributed by atoms with van der Waals surface area (Å²) in [7, 11) is 0. The lowest BCUT2D eigenvalue weighted by Crippen LogP contribution is -2.37. The molecule has 3 amide bonds. The lowest BCUT2D eigenvalue weighted by atomic mass is 10.3. The van der Waals surface area contributed by atoms with Gasteiger partial charge in [0.1, 0.15) is 5.15 Å². The van der Waals surface area contributed by atoms with Crippen LogP contribution in [-0.2, 0) is 4.79 Å². The molecule has 0 unspecified atom stereocenters. The van der Waals surface area contributed by atoms with Gasteiger partial charge in [-0.15, -0.1) is 0 Å². The molecular formula is C11H10ClN3O3S. The fourth-order valence-corrected chi connectivity index (χ4v) is 2.35. The lowest BCUT2D eigenvalue weighted by molar-refractivity contribution is -0.124. The number of rotatable bonds is 4. The normalized spacial score (nSPS) is 14.9. The summed E-state index contributed by atoms with van der Waals surface area (Å²) in [5.74, 6) is -0.373. The molecule has 19 heavy (non-hydrogen) atoms. The fourth-order valence-electron chi connectivity index (χ4n) is 1.49. The zero-order chi connectivity index (χ0) is 13.8. The maximum Gasteiger partial charge on any atom is 0.288 e. The fraction of sp³-hybridized carbons (Fsp3) is 0.273. The maximum atomic E-state index is 11.7. The van der Waals surface area contributed by atoms with E-state index in [1.54, 1.807) is 6.07 Å². The number of hydrogen-bond acceptors (Lipinski definition) is 5. The molecule has 0 atom stereocenters. The number of pyridine rings is 1. The number of amides is 3. The van der Waals surface area contributed by atoms with E-state index in [4.69, 9.17) is 11.6 Å². The molecule has 0 aromatic carbocycles. The predicted octanol–water partition coefficient (Wildman–Crippen LogP) is 1.16. The molecule has 0 radical (unpaired) electrons. The Morgan fingerprint density at radius 1 is 1.47 bits per heavy atom. The van der Waals surface area contributed by atoms with Gasteiger partial charge >= 0.3 is 0 Å². The minimum atomic E-state index is -0.323. The van der Waals surface area contributed by atoms with E-state index in [0.29, 0.717) is 10.7 Å². The van der Waals surface area contributed by atoms with Gasteiger partial charge in [0.15, 0.2) is 0 Å². The predicted molar refractivity (Wildman–Crippen MR) is 71.1 cm³/mol. The van der Waals surface area contributed by atoms with Crippen LogP contribution in [0, 0.1) is 0 Å². The van der Waals surface area contributed by atoms with Crippen molar-refractivity contribution in [2.24, 2.45) is 0 Å². The number of nitrogens with zero attached hydrogens (tertiary/aromatic N) is 2. The minimum Gasteiger partial charge on any atom is -0.350 e. The Balaban J connectivity index is 1.82. The van der Waals surface area contributed by atoms with E-state index in [1.807, 2.05) is 0 Å². The first-order chi connectivity index (χ1) is 9.08. The van der Waals surface area contributed by atoms with E-state index in [9.17, 15) is 14.4 Å². The summed E-state index contributed by atoms with van der Waals surface area (Å²) >= 11 is 6.58. The van der Waals surface area contributed by atoms with E-state index >= 15 is 0 Å². The molecule has 1 fully saturated rings. The molecule has 2 heterocycles. The van der Waals surface area contributed by atoms with Crippen molar-refractivity contribution in [2.75, 3.05) is 18.8 Å². The summed E-state index contributed by atoms with van der Waals surface area (Å²) in [4.78, 5) is 39.2. The molecule has 1 saturated heterocycles. The van der Waals surface area contributed by atoms with Crippen LogP contribution in [0.4, 0.5) is 4.79 Å². The van der Waals surface area contributed by atoms with Gasteiger partial charge in [0.25, 0.3) is 11.1 Å². The quantitative estimate of drug-likeness (QED) is 0.844. The number of carbonyl (C=O) groups is 3. The molecule has 0 saturated carbocycles. The van der Waals surface area contributed by atoms with Gasteiger partial charge in [-0.2, -0.15) is 0 Å². The van der Waals surface area contributed by atoms with E-state index in [0.717, 1.165) is 16.7 Å². The van der Waals surface area contributed by atoms with Crippen molar-refractivity contribution < 1.29 is 14.4 Å². The van der Waals surface area contributed by atoms with Crippen molar-refractivity contribution in [3.63, 3.8) is 0 Å². The summed E-state index contributed by atoms with van der Waals surface area (Å²) in [6.07, 6.45) is 1.36. The van der Waals surface area contributed by atoms with Gasteiger partial charge in [-0.05, 0) is 12.1 Å². The third-order valence-electron chi connectivity index (χ3n) is 2.45. The smallest absolute Gasteiger partial charge is 0.288 e. The van der Waals surface area contributed by atoms with Crippen LogP contribution in [-0.4, -0.2) is 45.8 Å². The Hall–Kier alpha value is -1.60. The highest BCUT2D eigenvalue weighted by atomic mass is 35.5. The van der Waals surface area contributed by atoms with Crippen molar-refractivity contribution in [3.8, 4) is 0 Å². The van der Waals surface area contributed by atoms with Crippen molar-refractivity contribution in [1.29, 1.82) is 0 Å². The second kappa shape index (κ2) is 6.03. The number of thioether (sulfide) groups is 1. The van der Waals surface area contributed by atoms with Gasteiger partial charge in [0.05, 0.1) is 11.3 Å². The van der Waals surface area contributed by atoms with Gasteiger partial charge < -0.3 is 5.32 Å². The van der Waals surface area contributed by atoms with Crippen molar-refractivity contribution in [2.45, 2.75) is 0 Å². The van der Waals surface area contributed by atoms with Crippen molar-refractivity contribution in [1.82, 2.24) is 15.2 Å². The number of hydrogen-bond donors (Lipinski definition) is 1. The molecule has 1 aliphatic heterocycles. The van der Waals surface area contributed by atoms with Crippen LogP contribution in [0.3, 0.4) is 0 Å². The van der Waals surface area contributed by atoms with Gasteiger partial charge in [-0.25, -0.2) is 4.98 Å². The summed E-state index contributed by atoms with van der Waals surface area (Å²) in [5.41, 5.74) is 0.373. The molecule has 1 aromatic rings. The van der Waals surface area contributed by atoms with Crippen molar-refractivity contribution in [3.05, 3.63) is 29.0 Å². The average molecular weight is 300 g/mol. The SMILES string of the molecule is O=C(NCCN1C(=O)CSC1=O)c1ccc(Cl)nc1. The van der Waals surface area contributed by atoms with Gasteiger partial charge in [-0.3, -0.25) is 19.3 Å². The number of aromatic nitrogens is 1. The molecule has 0 spiro atoms. The van der Waals surface area contributed by atoms with E-state index in [1.165, 1.54) is 12.3 Å². The molecule has 1 N–H and O–H groups in total. The minimum absolute atomic E-state index is 0.174. The molecule has 1 aromatic heterocycles. The number of carbonyl (C=O) groups excluding carboxylic acids is 3. The first-order valence-electron chi connectivity index (χ1n) is 5.45. The summed E-state index contributed by atoms with van der Waals surface area (Å²) in [5, 5.41) is 2.65. The second-order valence-electron chi connectivity index (χ2n) is 3.73. The zero-order valence-electron chi connectivity index (χ0n) is 9.76. The van der Waals surface area contributed by atoms with E-state index in [-0.39, 0.29) is 35.9 Å². The zero-order valence-corrected chi connectivity index (χ0v) is 11.3. The Morgan fingerprint density at radius 2 is 2.26 bits per heavy atom. The molecule has 100 valence electrons. The largest absolute Gasteiger partial charge is 0.350 e. The third kappa shape index (κ3) is 3.45. The Bertz CT molecular complexity index is 504. The van der Waals surface area contributed by atoms with Crippen LogP contribution >= 0.6 is 23.4 Å². The van der Waals surface area contributed by atoms with Crippen LogP contribution in [0.5, 0.6) is 0 Å². The van der Waals surface area contributed by atoms with Gasteiger partial charge in [0, 0.05) is 19.3 Å². The Kier molecular flexibility index (Phi) is 4.39. The highest BCUT2D eigenvalue weighted by Crippen LogP contribution is 2.17.